The number of aliphatic hydroxyl groups is 1. The maximum atomic E-state index is 12.6. The van der Waals surface area contributed by atoms with Crippen LogP contribution in [0.15, 0.2) is 52.5 Å². The Bertz CT molecular complexity index is 895. The van der Waals surface area contributed by atoms with E-state index < -0.39 is 27.9 Å². The Morgan fingerprint density at radius 1 is 1.11 bits per heavy atom. The first-order valence-corrected chi connectivity index (χ1v) is 11.0. The highest BCUT2D eigenvalue weighted by Crippen LogP contribution is 2.31. The van der Waals surface area contributed by atoms with E-state index in [1.54, 1.807) is 6.07 Å². The predicted molar refractivity (Wildman–Crippen MR) is 99.4 cm³/mol. The summed E-state index contributed by atoms with van der Waals surface area (Å²) in [6, 6.07) is 7.39. The molecular weight excluding hydrogens is 413 g/mol. The number of alkyl halides is 3. The number of thioether (sulfide) groups is 1. The number of sulfonamides is 1. The first kappa shape index (κ1) is 21.1. The lowest BCUT2D eigenvalue weighted by atomic mass is 10.1. The van der Waals surface area contributed by atoms with Crippen molar-refractivity contribution >= 4 is 21.8 Å². The van der Waals surface area contributed by atoms with Crippen LogP contribution in [0.25, 0.3) is 0 Å². The van der Waals surface area contributed by atoms with Crippen LogP contribution in [0.4, 0.5) is 13.2 Å². The third kappa shape index (κ3) is 4.86. The summed E-state index contributed by atoms with van der Waals surface area (Å²) in [5.74, 6) is 0.177. The molecular formula is C18H19F3N2O3S2. The summed E-state index contributed by atoms with van der Waals surface area (Å²) in [6.07, 6.45) is -2.40. The van der Waals surface area contributed by atoms with Gasteiger partial charge in [-0.3, -0.25) is 0 Å². The van der Waals surface area contributed by atoms with E-state index in [-0.39, 0.29) is 10.6 Å². The number of aromatic nitrogens is 1. The first-order valence-electron chi connectivity index (χ1n) is 8.62. The zero-order valence-electron chi connectivity index (χ0n) is 14.8. The van der Waals surface area contributed by atoms with E-state index in [9.17, 15) is 26.7 Å². The van der Waals surface area contributed by atoms with E-state index in [2.05, 4.69) is 4.98 Å². The lowest BCUT2D eigenvalue weighted by Crippen LogP contribution is -2.27. The summed E-state index contributed by atoms with van der Waals surface area (Å²) in [7, 11) is -3.53. The standard InChI is InChI=1S/C18H19F3N2O3S2/c19-18(20,21)14-5-3-13(4-6-14)16(24)12-27-17-8-7-15(11-22-17)28(25,26)23-9-1-2-10-23/h3-8,11,16,24H,1-2,9-10,12H2. The number of benzene rings is 1. The van der Waals surface area contributed by atoms with Crippen molar-refractivity contribution in [1.29, 1.82) is 0 Å². The first-order chi connectivity index (χ1) is 13.2. The van der Waals surface area contributed by atoms with E-state index in [4.69, 9.17) is 0 Å². The molecule has 1 fully saturated rings. The molecule has 1 unspecified atom stereocenters. The number of aliphatic hydroxyl groups excluding tert-OH is 1. The Kier molecular flexibility index (Phi) is 6.33. The summed E-state index contributed by atoms with van der Waals surface area (Å²) >= 11 is 1.19. The van der Waals surface area contributed by atoms with Crippen molar-refractivity contribution in [3.63, 3.8) is 0 Å². The molecule has 28 heavy (non-hydrogen) atoms. The van der Waals surface area contributed by atoms with Crippen molar-refractivity contribution in [1.82, 2.24) is 9.29 Å². The number of pyridine rings is 1. The minimum absolute atomic E-state index is 0.127. The van der Waals surface area contributed by atoms with Gasteiger partial charge in [0.05, 0.1) is 16.7 Å². The molecule has 0 amide bonds. The Balaban J connectivity index is 1.60. The van der Waals surface area contributed by atoms with Gasteiger partial charge in [0.25, 0.3) is 0 Å². The molecule has 10 heteroatoms. The monoisotopic (exact) mass is 432 g/mol. The van der Waals surface area contributed by atoms with Crippen LogP contribution in [-0.4, -0.2) is 41.7 Å². The molecule has 3 rings (SSSR count). The lowest BCUT2D eigenvalue weighted by Gasteiger charge is -2.15. The molecule has 1 aliphatic heterocycles. The maximum absolute atomic E-state index is 12.6. The van der Waals surface area contributed by atoms with Gasteiger partial charge in [0, 0.05) is 25.0 Å². The number of nitrogens with zero attached hydrogens (tertiary/aromatic N) is 2. The second-order valence-electron chi connectivity index (χ2n) is 6.39. The van der Waals surface area contributed by atoms with Gasteiger partial charge in [0.1, 0.15) is 4.90 Å². The highest BCUT2D eigenvalue weighted by molar-refractivity contribution is 7.99. The minimum atomic E-state index is -4.42. The largest absolute Gasteiger partial charge is 0.416 e. The summed E-state index contributed by atoms with van der Waals surface area (Å²) in [5.41, 5.74) is -0.402. The maximum Gasteiger partial charge on any atom is 0.416 e. The molecule has 0 aliphatic carbocycles. The molecule has 1 N–H and O–H groups in total. The van der Waals surface area contributed by atoms with E-state index in [1.165, 1.54) is 40.5 Å². The fraction of sp³-hybridized carbons (Fsp3) is 0.389. The zero-order valence-corrected chi connectivity index (χ0v) is 16.4. The van der Waals surface area contributed by atoms with Crippen molar-refractivity contribution in [2.75, 3.05) is 18.8 Å². The van der Waals surface area contributed by atoms with E-state index in [0.29, 0.717) is 23.7 Å². The highest BCUT2D eigenvalue weighted by atomic mass is 32.2. The Morgan fingerprint density at radius 3 is 2.29 bits per heavy atom. The number of hydrogen-bond acceptors (Lipinski definition) is 5. The van der Waals surface area contributed by atoms with Crippen molar-refractivity contribution in [3.05, 3.63) is 53.7 Å². The van der Waals surface area contributed by atoms with Gasteiger partial charge in [-0.25, -0.2) is 13.4 Å². The molecule has 2 heterocycles. The van der Waals surface area contributed by atoms with Gasteiger partial charge in [-0.2, -0.15) is 17.5 Å². The Hall–Kier alpha value is -1.62. The second kappa shape index (κ2) is 8.40. The van der Waals surface area contributed by atoms with Gasteiger partial charge >= 0.3 is 6.18 Å². The third-order valence-corrected chi connectivity index (χ3v) is 7.33. The Labute approximate surface area is 165 Å². The molecule has 0 saturated carbocycles. The van der Waals surface area contributed by atoms with Crippen LogP contribution in [0.5, 0.6) is 0 Å². The van der Waals surface area contributed by atoms with Crippen LogP contribution in [-0.2, 0) is 16.2 Å². The van der Waals surface area contributed by atoms with Crippen molar-refractivity contribution in [2.45, 2.75) is 35.0 Å². The minimum Gasteiger partial charge on any atom is -0.388 e. The van der Waals surface area contributed by atoms with Gasteiger partial charge in [-0.1, -0.05) is 12.1 Å². The smallest absolute Gasteiger partial charge is 0.388 e. The average molecular weight is 432 g/mol. The number of halogens is 3. The molecule has 0 radical (unpaired) electrons. The molecule has 1 aromatic carbocycles. The van der Waals surface area contributed by atoms with Gasteiger partial charge in [-0.05, 0) is 42.7 Å². The summed E-state index contributed by atoms with van der Waals surface area (Å²) in [5, 5.41) is 10.7. The van der Waals surface area contributed by atoms with E-state index >= 15 is 0 Å². The molecule has 152 valence electrons. The molecule has 5 nitrogen and oxygen atoms in total. The SMILES string of the molecule is O=S(=O)(c1ccc(SCC(O)c2ccc(C(F)(F)F)cc2)nc1)N1CCCC1. The molecule has 1 saturated heterocycles. The molecule has 0 bridgehead atoms. The second-order valence-corrected chi connectivity index (χ2v) is 9.37. The molecule has 2 aromatic rings. The van der Waals surface area contributed by atoms with E-state index in [1.807, 2.05) is 0 Å². The van der Waals surface area contributed by atoms with E-state index in [0.717, 1.165) is 25.0 Å². The van der Waals surface area contributed by atoms with Crippen LogP contribution in [0, 0.1) is 0 Å². The van der Waals surface area contributed by atoms with Crippen LogP contribution in [0.2, 0.25) is 0 Å². The number of hydrogen-bond donors (Lipinski definition) is 1. The normalized spacial score (nSPS) is 17.0. The topological polar surface area (TPSA) is 70.5 Å². The van der Waals surface area contributed by atoms with Crippen molar-refractivity contribution in [2.24, 2.45) is 0 Å². The van der Waals surface area contributed by atoms with Crippen LogP contribution in [0.1, 0.15) is 30.1 Å². The molecule has 1 aliphatic rings. The fourth-order valence-corrected chi connectivity index (χ4v) is 5.11. The summed E-state index contributed by atoms with van der Waals surface area (Å²) in [4.78, 5) is 4.25. The average Bonchev–Trinajstić information content (AvgIpc) is 3.21. The van der Waals surface area contributed by atoms with Gasteiger partial charge in [-0.15, -0.1) is 11.8 Å². The van der Waals surface area contributed by atoms with Crippen LogP contribution < -0.4 is 0 Å². The lowest BCUT2D eigenvalue weighted by molar-refractivity contribution is -0.137. The van der Waals surface area contributed by atoms with Gasteiger partial charge in [0.2, 0.25) is 10.0 Å². The molecule has 0 spiro atoms. The zero-order chi connectivity index (χ0) is 20.4. The number of rotatable bonds is 6. The summed E-state index contributed by atoms with van der Waals surface area (Å²) in [6.45, 7) is 1.02. The Morgan fingerprint density at radius 2 is 1.75 bits per heavy atom. The van der Waals surface area contributed by atoms with Gasteiger partial charge < -0.3 is 5.11 Å². The van der Waals surface area contributed by atoms with Crippen LogP contribution in [0.3, 0.4) is 0 Å². The summed E-state index contributed by atoms with van der Waals surface area (Å²) < 4.78 is 64.1. The van der Waals surface area contributed by atoms with Crippen molar-refractivity contribution < 1.29 is 26.7 Å². The predicted octanol–water partition coefficient (Wildman–Crippen LogP) is 3.71. The quantitative estimate of drug-likeness (QED) is 0.705. The van der Waals surface area contributed by atoms with Crippen molar-refractivity contribution in [3.8, 4) is 0 Å². The van der Waals surface area contributed by atoms with Crippen LogP contribution >= 0.6 is 11.8 Å². The molecule has 1 aromatic heterocycles. The highest BCUT2D eigenvalue weighted by Gasteiger charge is 2.30. The fourth-order valence-electron chi connectivity index (χ4n) is 2.84. The molecule has 1 atom stereocenters. The van der Waals surface area contributed by atoms with Gasteiger partial charge in [0.15, 0.2) is 0 Å². The third-order valence-electron chi connectivity index (χ3n) is 4.42.